The Labute approximate surface area is 565 Å². The summed E-state index contributed by atoms with van der Waals surface area (Å²) >= 11 is 3.22. The monoisotopic (exact) mass is 1430 g/mol. The molecule has 5 aromatic carbocycles. The fourth-order valence-corrected chi connectivity index (χ4v) is 12.3. The third kappa shape index (κ3) is 24.9. The first-order valence-electron chi connectivity index (χ1n) is 31.0. The number of H-pyrrole nitrogens is 1. The second kappa shape index (κ2) is 37.2. The molecule has 0 spiro atoms. The van der Waals surface area contributed by atoms with Gasteiger partial charge in [0.05, 0.1) is 17.9 Å². The van der Waals surface area contributed by atoms with Gasteiger partial charge in [0.1, 0.15) is 42.1 Å². The van der Waals surface area contributed by atoms with Crippen molar-refractivity contribution in [1.29, 1.82) is 0 Å². The number of halogens is 2. The molecule has 0 aliphatic carbocycles. The number of benzene rings is 5. The molecular weight excluding hydrogens is 1350 g/mol. The lowest BCUT2D eigenvalue weighted by atomic mass is 10.0. The average molecular weight is 1430 g/mol. The summed E-state index contributed by atoms with van der Waals surface area (Å²) in [6.07, 6.45) is -0.418. The standard InChI is InChI=1S/C66H77BrFN11O17S/c1-38-30-44(67)22-25-54(38)97(95,96)79-53(35-59(86)87)66(94)77-50(24-27-58(84)85)63(91)73-37-56(81)75-51(32-39-12-11-15-45(68)31-39)64(92)78-52(34-43-36-72-47-17-7-6-16-46(43)47)65(93)76-49(23-26-57(82)83)62(90)71-28-9-2-3-19-55(80)74-48(60(69)88)18-8-10-29-70-61(89)42-21-20-40-13-4-5-14-41(40)33-42/h4-7,11-17,20-22,25,30-31,33,36,48-53,72,79H,2-3,8-10,18-19,23-24,26-29,32,34-35,37H2,1H3,(H2,69,88)(H,70,89)(H,71,90)(H,73,91)(H,74,80)(H,75,81)(H,76,93)(H,77,94)(H,78,92)(H,82,83)(H,84,85)(H,86,87). The maximum absolute atomic E-state index is 14.6. The number of carboxylic acids is 3. The number of hydrogen-bond acceptors (Lipinski definition) is 14. The van der Waals surface area contributed by atoms with E-state index in [-0.39, 0.29) is 47.7 Å². The number of unbranched alkanes of at least 4 members (excludes halogenated alkanes) is 3. The Balaban J connectivity index is 1.07. The van der Waals surface area contributed by atoms with Gasteiger partial charge in [0.2, 0.25) is 57.3 Å². The van der Waals surface area contributed by atoms with E-state index in [1.807, 2.05) is 35.1 Å². The molecule has 1 aromatic heterocycles. The molecule has 0 radical (unpaired) electrons. The SMILES string of the molecule is Cc1cc(Br)ccc1S(=O)(=O)NC(CC(=O)O)C(=O)NC(CCC(=O)O)C(=O)NCC(=O)NC(Cc1cccc(F)c1)C(=O)NC(Cc1c[nH]c2ccccc12)C(=O)NC(CCC(=O)O)C(=O)NCCCCCC(=O)NC(CCCCNC(=O)c1ccc2ccccc2c1)C(N)=O. The maximum Gasteiger partial charge on any atom is 0.305 e. The number of fused-ring (bicyclic) bond motifs is 2. The fourth-order valence-electron chi connectivity index (χ4n) is 10.4. The van der Waals surface area contributed by atoms with Gasteiger partial charge in [-0.1, -0.05) is 83.0 Å². The zero-order chi connectivity index (χ0) is 70.8. The fraction of sp³-hybridized carbons (Fsp3) is 0.364. The third-order valence-electron chi connectivity index (χ3n) is 15.4. The van der Waals surface area contributed by atoms with E-state index in [9.17, 15) is 85.7 Å². The topological polar surface area (TPSA) is 450 Å². The van der Waals surface area contributed by atoms with Crippen molar-refractivity contribution >= 4 is 119 Å². The first kappa shape index (κ1) is 75.9. The van der Waals surface area contributed by atoms with Crippen molar-refractivity contribution < 1.29 is 85.7 Å². The highest BCUT2D eigenvalue weighted by Crippen LogP contribution is 2.23. The summed E-state index contributed by atoms with van der Waals surface area (Å²) in [5.41, 5.74) is 7.60. The summed E-state index contributed by atoms with van der Waals surface area (Å²) in [4.78, 5) is 160. The van der Waals surface area contributed by atoms with Crippen LogP contribution >= 0.6 is 15.9 Å². The number of aromatic amines is 1. The van der Waals surface area contributed by atoms with E-state index >= 15 is 0 Å². The van der Waals surface area contributed by atoms with Crippen molar-refractivity contribution in [2.75, 3.05) is 19.6 Å². The number of carboxylic acid groups (broad SMARTS) is 3. The van der Waals surface area contributed by atoms with Crippen molar-refractivity contribution in [2.45, 2.75) is 138 Å². The summed E-state index contributed by atoms with van der Waals surface area (Å²) in [5, 5.41) is 51.5. The Kier molecular flexibility index (Phi) is 29.1. The molecule has 0 saturated carbocycles. The molecule has 31 heteroatoms. The molecule has 6 atom stereocenters. The molecule has 0 bridgehead atoms. The van der Waals surface area contributed by atoms with Crippen molar-refractivity contribution in [2.24, 2.45) is 5.73 Å². The van der Waals surface area contributed by atoms with Crippen molar-refractivity contribution in [3.05, 3.63) is 148 Å². The van der Waals surface area contributed by atoms with Crippen molar-refractivity contribution in [1.82, 2.24) is 52.2 Å². The van der Waals surface area contributed by atoms with Crippen molar-refractivity contribution in [3.8, 4) is 0 Å². The van der Waals surface area contributed by atoms with Crippen LogP contribution in [0.1, 0.15) is 104 Å². The number of amides is 9. The van der Waals surface area contributed by atoms with Crippen LogP contribution in [-0.4, -0.2) is 156 Å². The second-order valence-electron chi connectivity index (χ2n) is 22.9. The molecule has 6 unspecified atom stereocenters. The summed E-state index contributed by atoms with van der Waals surface area (Å²) in [6, 6.07) is 19.4. The number of carbonyl (C=O) groups excluding carboxylic acids is 9. The van der Waals surface area contributed by atoms with E-state index in [0.29, 0.717) is 65.2 Å². The van der Waals surface area contributed by atoms with Crippen LogP contribution in [0.2, 0.25) is 0 Å². The first-order valence-corrected chi connectivity index (χ1v) is 33.3. The first-order chi connectivity index (χ1) is 46.1. The number of aromatic nitrogens is 1. The highest BCUT2D eigenvalue weighted by atomic mass is 79.9. The van der Waals surface area contributed by atoms with Gasteiger partial charge in [-0.3, -0.25) is 57.5 Å². The maximum atomic E-state index is 14.6. The van der Waals surface area contributed by atoms with Gasteiger partial charge >= 0.3 is 17.9 Å². The van der Waals surface area contributed by atoms with Gasteiger partial charge in [0.15, 0.2) is 0 Å². The molecule has 0 saturated heterocycles. The molecule has 6 rings (SSSR count). The Bertz CT molecular complexity index is 3990. The number of nitrogens with one attached hydrogen (secondary N) is 10. The Hall–Kier alpha value is -10.1. The number of nitrogens with two attached hydrogens (primary N) is 1. The van der Waals surface area contributed by atoms with E-state index in [1.54, 1.807) is 42.6 Å². The van der Waals surface area contributed by atoms with Gasteiger partial charge < -0.3 is 68.6 Å². The summed E-state index contributed by atoms with van der Waals surface area (Å²) in [6.45, 7) is 0.803. The van der Waals surface area contributed by atoms with Gasteiger partial charge in [-0.25, -0.2) is 12.8 Å². The van der Waals surface area contributed by atoms with E-state index in [2.05, 4.69) is 63.4 Å². The minimum atomic E-state index is -4.59. The van der Waals surface area contributed by atoms with Crippen LogP contribution in [0.15, 0.2) is 125 Å². The van der Waals surface area contributed by atoms with E-state index in [0.717, 1.165) is 22.9 Å². The number of carbonyl (C=O) groups is 12. The predicted molar refractivity (Wildman–Crippen MR) is 355 cm³/mol. The molecule has 6 aromatic rings. The van der Waals surface area contributed by atoms with Crippen LogP contribution in [-0.2, 0) is 75.6 Å². The van der Waals surface area contributed by atoms with Crippen LogP contribution in [0.4, 0.5) is 4.39 Å². The Morgan fingerprint density at radius 1 is 0.546 bits per heavy atom. The molecule has 0 fully saturated rings. The van der Waals surface area contributed by atoms with E-state index < -0.39 is 162 Å². The average Bonchev–Trinajstić information content (AvgIpc) is 1.83. The van der Waals surface area contributed by atoms with Crippen LogP contribution in [0.5, 0.6) is 0 Å². The van der Waals surface area contributed by atoms with Crippen LogP contribution in [0, 0.1) is 12.7 Å². The highest BCUT2D eigenvalue weighted by molar-refractivity contribution is 9.10. The van der Waals surface area contributed by atoms with Gasteiger partial charge in [0.25, 0.3) is 5.91 Å². The minimum absolute atomic E-state index is 0.00638. The van der Waals surface area contributed by atoms with Gasteiger partial charge in [-0.15, -0.1) is 0 Å². The molecule has 518 valence electrons. The van der Waals surface area contributed by atoms with E-state index in [4.69, 9.17) is 5.73 Å². The molecule has 97 heavy (non-hydrogen) atoms. The molecule has 0 aliphatic heterocycles. The normalized spacial score (nSPS) is 13.1. The molecule has 15 N–H and O–H groups in total. The smallest absolute Gasteiger partial charge is 0.305 e. The summed E-state index contributed by atoms with van der Waals surface area (Å²) < 4.78 is 44.0. The Morgan fingerprint density at radius 2 is 1.15 bits per heavy atom. The number of aliphatic carboxylic acids is 3. The number of primary amides is 1. The zero-order valence-electron chi connectivity index (χ0n) is 52.8. The molecular formula is C66H77BrFN11O17S. The zero-order valence-corrected chi connectivity index (χ0v) is 55.2. The quantitative estimate of drug-likeness (QED) is 0.0246. The molecule has 0 aliphatic rings. The van der Waals surface area contributed by atoms with Crippen LogP contribution in [0.3, 0.4) is 0 Å². The number of rotatable bonds is 40. The lowest BCUT2D eigenvalue weighted by Crippen LogP contribution is -2.58. The molecule has 1 heterocycles. The van der Waals surface area contributed by atoms with Gasteiger partial charge in [0, 0.05) is 72.3 Å². The minimum Gasteiger partial charge on any atom is -0.481 e. The second-order valence-corrected chi connectivity index (χ2v) is 25.5. The van der Waals surface area contributed by atoms with E-state index in [1.165, 1.54) is 37.3 Å². The van der Waals surface area contributed by atoms with Gasteiger partial charge in [-0.05, 0) is 128 Å². The Morgan fingerprint density at radius 3 is 1.81 bits per heavy atom. The largest absolute Gasteiger partial charge is 0.481 e. The van der Waals surface area contributed by atoms with Gasteiger partial charge in [-0.2, -0.15) is 4.72 Å². The molecule has 9 amide bonds. The lowest BCUT2D eigenvalue weighted by Gasteiger charge is -2.26. The summed E-state index contributed by atoms with van der Waals surface area (Å²) in [7, 11) is -4.59. The summed E-state index contributed by atoms with van der Waals surface area (Å²) in [5.74, 6) is -13.0. The number of sulfonamides is 1. The highest BCUT2D eigenvalue weighted by Gasteiger charge is 2.34. The lowest BCUT2D eigenvalue weighted by molar-refractivity contribution is -0.140. The van der Waals surface area contributed by atoms with Crippen LogP contribution < -0.4 is 53.0 Å². The predicted octanol–water partition coefficient (Wildman–Crippen LogP) is 3.17. The van der Waals surface area contributed by atoms with Crippen LogP contribution in [0.25, 0.3) is 21.7 Å². The third-order valence-corrected chi connectivity index (χ3v) is 17.5. The number of aryl methyl sites for hydroxylation is 1. The van der Waals surface area contributed by atoms with Crippen molar-refractivity contribution in [3.63, 3.8) is 0 Å². The number of para-hydroxylation sites is 1. The molecule has 28 nitrogen and oxygen atoms in total. The number of hydrogen-bond donors (Lipinski definition) is 14.